The molecule has 2 aromatic carbocycles. The van der Waals surface area contributed by atoms with E-state index in [0.717, 1.165) is 48.6 Å². The third-order valence-corrected chi connectivity index (χ3v) is 5.61. The number of nitrogens with zero attached hydrogens (tertiary/aromatic N) is 2. The molecule has 3 rings (SSSR count). The van der Waals surface area contributed by atoms with Crippen molar-refractivity contribution in [1.29, 1.82) is 0 Å². The van der Waals surface area contributed by atoms with E-state index < -0.39 is 52.3 Å². The van der Waals surface area contributed by atoms with Crippen LogP contribution >= 0.6 is 0 Å². The molecule has 1 amide bonds. The van der Waals surface area contributed by atoms with Crippen LogP contribution < -0.4 is 15.4 Å². The molecule has 1 aliphatic heterocycles. The van der Waals surface area contributed by atoms with Gasteiger partial charge in [-0.1, -0.05) is 0 Å². The van der Waals surface area contributed by atoms with Gasteiger partial charge in [-0.15, -0.1) is 0 Å². The molecule has 1 heterocycles. The third kappa shape index (κ3) is 7.47. The Morgan fingerprint density at radius 2 is 1.77 bits per heavy atom. The standard InChI is InChI=1S/C25H24F7N3O4/c1-23(13-37-14-23)38-8-7-34-12-15(11-33)19-9-16(24(27,28)29)10-20(25(30,31)32)21(19)39-22(36)35(2)18-5-3-17(26)4-6-18/h3-6,9-12H,7-8,13-14,33H2,1-2H3. The molecule has 0 radical (unpaired) electrons. The van der Waals surface area contributed by atoms with Crippen LogP contribution in [0.5, 0.6) is 5.75 Å². The first-order valence-electron chi connectivity index (χ1n) is 11.3. The van der Waals surface area contributed by atoms with Crippen molar-refractivity contribution in [1.82, 2.24) is 0 Å². The molecular formula is C25H24F7N3O4. The summed E-state index contributed by atoms with van der Waals surface area (Å²) in [6, 6.07) is 4.53. The van der Waals surface area contributed by atoms with Crippen molar-refractivity contribution in [3.05, 3.63) is 65.1 Å². The van der Waals surface area contributed by atoms with Crippen LogP contribution in [0.15, 0.2) is 47.6 Å². The number of carbonyl (C=O) groups is 1. The molecule has 0 atom stereocenters. The fraction of sp³-hybridized carbons (Fsp3) is 0.360. The SMILES string of the molecule is CN(C(=O)Oc1c(C(C=NCCOC2(C)COC2)=CN)cc(C(F)(F)F)cc1C(F)(F)F)c1ccc(F)cc1. The Kier molecular flexibility index (Phi) is 8.91. The van der Waals surface area contributed by atoms with Crippen LogP contribution in [0, 0.1) is 5.82 Å². The van der Waals surface area contributed by atoms with E-state index in [0.29, 0.717) is 19.3 Å². The summed E-state index contributed by atoms with van der Waals surface area (Å²) in [4.78, 5) is 17.5. The first-order chi connectivity index (χ1) is 18.1. The molecule has 2 N–H and O–H groups in total. The van der Waals surface area contributed by atoms with Crippen molar-refractivity contribution in [2.45, 2.75) is 24.9 Å². The van der Waals surface area contributed by atoms with Gasteiger partial charge in [-0.25, -0.2) is 9.18 Å². The van der Waals surface area contributed by atoms with Crippen molar-refractivity contribution in [3.63, 3.8) is 0 Å². The minimum atomic E-state index is -5.36. The molecule has 212 valence electrons. The summed E-state index contributed by atoms with van der Waals surface area (Å²) in [5, 5.41) is 0. The number of nitrogens with two attached hydrogens (primary N) is 1. The van der Waals surface area contributed by atoms with Crippen LogP contribution in [-0.4, -0.2) is 51.3 Å². The van der Waals surface area contributed by atoms with Gasteiger partial charge in [0.15, 0.2) is 5.75 Å². The van der Waals surface area contributed by atoms with Crippen LogP contribution in [0.25, 0.3) is 5.57 Å². The molecule has 0 unspecified atom stereocenters. The van der Waals surface area contributed by atoms with Crippen LogP contribution in [0.4, 0.5) is 41.2 Å². The molecular weight excluding hydrogens is 539 g/mol. The lowest BCUT2D eigenvalue weighted by atomic mass is 9.98. The predicted molar refractivity (Wildman–Crippen MR) is 128 cm³/mol. The highest BCUT2D eigenvalue weighted by Crippen LogP contribution is 2.44. The van der Waals surface area contributed by atoms with Gasteiger partial charge in [-0.05, 0) is 43.3 Å². The molecule has 1 fully saturated rings. The lowest BCUT2D eigenvalue weighted by molar-refractivity contribution is -0.197. The van der Waals surface area contributed by atoms with Crippen LogP contribution in [0.3, 0.4) is 0 Å². The van der Waals surface area contributed by atoms with Gasteiger partial charge in [-0.2, -0.15) is 26.3 Å². The van der Waals surface area contributed by atoms with E-state index in [-0.39, 0.29) is 30.5 Å². The molecule has 39 heavy (non-hydrogen) atoms. The van der Waals surface area contributed by atoms with E-state index >= 15 is 0 Å². The van der Waals surface area contributed by atoms with Crippen molar-refractivity contribution in [3.8, 4) is 5.75 Å². The van der Waals surface area contributed by atoms with Gasteiger partial charge < -0.3 is 19.9 Å². The number of alkyl halides is 6. The second-order valence-corrected chi connectivity index (χ2v) is 8.75. The van der Waals surface area contributed by atoms with Gasteiger partial charge >= 0.3 is 18.4 Å². The Balaban J connectivity index is 2.00. The molecule has 0 aromatic heterocycles. The van der Waals surface area contributed by atoms with E-state index in [1.54, 1.807) is 6.92 Å². The number of amides is 1. The highest BCUT2D eigenvalue weighted by Gasteiger charge is 2.41. The van der Waals surface area contributed by atoms with E-state index in [1.165, 1.54) is 0 Å². The average molecular weight is 563 g/mol. The smallest absolute Gasteiger partial charge is 0.409 e. The molecule has 2 aromatic rings. The predicted octanol–water partition coefficient (Wildman–Crippen LogP) is 5.67. The van der Waals surface area contributed by atoms with Crippen molar-refractivity contribution in [2.24, 2.45) is 10.7 Å². The topological polar surface area (TPSA) is 86.4 Å². The molecule has 0 saturated carbocycles. The number of carbonyl (C=O) groups excluding carboxylic acids is 1. The zero-order valence-corrected chi connectivity index (χ0v) is 20.7. The van der Waals surface area contributed by atoms with Crippen LogP contribution in [-0.2, 0) is 21.8 Å². The second-order valence-electron chi connectivity index (χ2n) is 8.75. The Bertz CT molecular complexity index is 1240. The molecule has 1 saturated heterocycles. The summed E-state index contributed by atoms with van der Waals surface area (Å²) in [5.74, 6) is -1.85. The number of allylic oxidation sites excluding steroid dienone is 1. The Hall–Kier alpha value is -3.65. The van der Waals surface area contributed by atoms with Gasteiger partial charge in [0.25, 0.3) is 0 Å². The molecule has 14 heteroatoms. The fourth-order valence-corrected chi connectivity index (χ4v) is 3.44. The van der Waals surface area contributed by atoms with E-state index in [9.17, 15) is 35.5 Å². The van der Waals surface area contributed by atoms with E-state index in [1.807, 2.05) is 0 Å². The minimum Gasteiger partial charge on any atom is -0.409 e. The van der Waals surface area contributed by atoms with Gasteiger partial charge in [0.1, 0.15) is 11.4 Å². The van der Waals surface area contributed by atoms with E-state index in [4.69, 9.17) is 19.9 Å². The Morgan fingerprint density at radius 3 is 2.28 bits per heavy atom. The highest BCUT2D eigenvalue weighted by molar-refractivity contribution is 6.11. The zero-order valence-electron chi connectivity index (χ0n) is 20.7. The van der Waals surface area contributed by atoms with Crippen LogP contribution in [0.2, 0.25) is 0 Å². The summed E-state index contributed by atoms with van der Waals surface area (Å²) in [6.07, 6.45) is -10.2. The van der Waals surface area contributed by atoms with Gasteiger partial charge in [-0.3, -0.25) is 9.89 Å². The normalized spacial score (nSPS) is 15.8. The maximum absolute atomic E-state index is 14.0. The number of hydrogen-bond acceptors (Lipinski definition) is 6. The lowest BCUT2D eigenvalue weighted by Crippen LogP contribution is -2.49. The molecule has 0 spiro atoms. The Morgan fingerprint density at radius 1 is 1.13 bits per heavy atom. The van der Waals surface area contributed by atoms with E-state index in [2.05, 4.69) is 4.99 Å². The number of anilines is 1. The first-order valence-corrected chi connectivity index (χ1v) is 11.3. The molecule has 7 nitrogen and oxygen atoms in total. The zero-order chi connectivity index (χ0) is 29.0. The number of hydrogen-bond donors (Lipinski definition) is 1. The monoisotopic (exact) mass is 563 g/mol. The average Bonchev–Trinajstić information content (AvgIpc) is 2.84. The first kappa shape index (κ1) is 29.9. The molecule has 0 bridgehead atoms. The number of benzene rings is 2. The van der Waals surface area contributed by atoms with Crippen molar-refractivity contribution < 1.29 is 49.7 Å². The lowest BCUT2D eigenvalue weighted by Gasteiger charge is -2.37. The quantitative estimate of drug-likeness (QED) is 0.254. The summed E-state index contributed by atoms with van der Waals surface area (Å²) in [7, 11) is 1.13. The fourth-order valence-electron chi connectivity index (χ4n) is 3.44. The maximum Gasteiger partial charge on any atom is 0.420 e. The number of aliphatic imine (C=N–C) groups is 1. The number of halogens is 7. The Labute approximate surface area is 218 Å². The summed E-state index contributed by atoms with van der Waals surface area (Å²) in [6.45, 7) is 2.64. The second kappa shape index (κ2) is 11.6. The molecule has 0 aliphatic carbocycles. The minimum absolute atomic E-state index is 0.000442. The van der Waals surface area contributed by atoms with Gasteiger partial charge in [0.05, 0.1) is 37.5 Å². The van der Waals surface area contributed by atoms with Gasteiger partial charge in [0.2, 0.25) is 0 Å². The number of rotatable bonds is 8. The van der Waals surface area contributed by atoms with Crippen molar-refractivity contribution in [2.75, 3.05) is 38.3 Å². The van der Waals surface area contributed by atoms with Crippen LogP contribution in [0.1, 0.15) is 23.6 Å². The summed E-state index contributed by atoms with van der Waals surface area (Å²) in [5.41, 5.74) is 0.443. The largest absolute Gasteiger partial charge is 0.420 e. The number of ether oxygens (including phenoxy) is 3. The third-order valence-electron chi connectivity index (χ3n) is 5.61. The summed E-state index contributed by atoms with van der Waals surface area (Å²) >= 11 is 0. The van der Waals surface area contributed by atoms with Crippen molar-refractivity contribution >= 4 is 23.6 Å². The highest BCUT2D eigenvalue weighted by atomic mass is 19.4. The summed E-state index contributed by atoms with van der Waals surface area (Å²) < 4.78 is 111. The molecule has 1 aliphatic rings. The van der Waals surface area contributed by atoms with Gasteiger partial charge in [0, 0.05) is 36.3 Å². The maximum atomic E-state index is 14.0.